The lowest BCUT2D eigenvalue weighted by molar-refractivity contribution is -0.137. The minimum Gasteiger partial charge on any atom is -0.478 e. The third-order valence-corrected chi connectivity index (χ3v) is 3.39. The van der Waals surface area contributed by atoms with Gasteiger partial charge in [0, 0.05) is 18.3 Å². The molecule has 0 spiro atoms. The molecule has 7 heteroatoms. The lowest BCUT2D eigenvalue weighted by Gasteiger charge is -2.15. The molecule has 0 bridgehead atoms. The van der Waals surface area contributed by atoms with E-state index in [-0.39, 0.29) is 35.5 Å². The van der Waals surface area contributed by atoms with Crippen LogP contribution in [0.15, 0.2) is 30.5 Å². The van der Waals surface area contributed by atoms with Gasteiger partial charge in [-0.15, -0.1) is 0 Å². The van der Waals surface area contributed by atoms with Crippen molar-refractivity contribution in [3.8, 4) is 11.3 Å². The Bertz CT molecular complexity index is 705. The zero-order valence-electron chi connectivity index (χ0n) is 11.7. The molecule has 0 amide bonds. The molecule has 0 aliphatic rings. The summed E-state index contributed by atoms with van der Waals surface area (Å²) in [4.78, 5) is 11.2. The number of nitrogens with zero attached hydrogens (tertiary/aromatic N) is 1. The molecule has 1 aromatic heterocycles. The molecule has 2 N–H and O–H groups in total. The van der Waals surface area contributed by atoms with Gasteiger partial charge in [-0.25, -0.2) is 4.79 Å². The number of aliphatic hydroxyl groups excluding tert-OH is 1. The molecule has 118 valence electrons. The highest BCUT2D eigenvalue weighted by atomic mass is 19.4. The minimum atomic E-state index is -4.55. The third kappa shape index (κ3) is 2.85. The summed E-state index contributed by atoms with van der Waals surface area (Å²) >= 11 is 0. The van der Waals surface area contributed by atoms with Gasteiger partial charge in [-0.3, -0.25) is 0 Å². The molecule has 0 radical (unpaired) electrons. The monoisotopic (exact) mass is 313 g/mol. The van der Waals surface area contributed by atoms with Crippen molar-refractivity contribution in [2.75, 3.05) is 6.61 Å². The van der Waals surface area contributed by atoms with Crippen LogP contribution in [0.25, 0.3) is 11.3 Å². The van der Waals surface area contributed by atoms with Crippen molar-refractivity contribution in [3.63, 3.8) is 0 Å². The Labute approximate surface area is 124 Å². The Morgan fingerprint density at radius 2 is 1.91 bits per heavy atom. The second-order valence-electron chi connectivity index (χ2n) is 4.78. The minimum absolute atomic E-state index is 0.00957. The van der Waals surface area contributed by atoms with Crippen molar-refractivity contribution >= 4 is 5.97 Å². The smallest absolute Gasteiger partial charge is 0.417 e. The molecule has 0 aliphatic heterocycles. The first-order valence-corrected chi connectivity index (χ1v) is 6.47. The van der Waals surface area contributed by atoms with Gasteiger partial charge < -0.3 is 14.8 Å². The van der Waals surface area contributed by atoms with E-state index in [1.807, 2.05) is 0 Å². The van der Waals surface area contributed by atoms with E-state index in [9.17, 15) is 18.0 Å². The van der Waals surface area contributed by atoms with E-state index in [2.05, 4.69) is 0 Å². The van der Waals surface area contributed by atoms with Gasteiger partial charge in [-0.05, 0) is 18.6 Å². The average Bonchev–Trinajstić information content (AvgIpc) is 2.75. The molecule has 0 aliphatic carbocycles. The van der Waals surface area contributed by atoms with E-state index in [0.29, 0.717) is 0 Å². The Morgan fingerprint density at radius 3 is 2.45 bits per heavy atom. The molecule has 2 rings (SSSR count). The summed E-state index contributed by atoms with van der Waals surface area (Å²) in [6, 6.07) is 4.98. The maximum absolute atomic E-state index is 13.2. The van der Waals surface area contributed by atoms with Gasteiger partial charge in [0.15, 0.2) is 0 Å². The Hall–Kier alpha value is -2.28. The lowest BCUT2D eigenvalue weighted by atomic mass is 10.00. The summed E-state index contributed by atoms with van der Waals surface area (Å²) in [5.74, 6) is -1.22. The number of carboxylic acid groups (broad SMARTS) is 1. The molecule has 0 saturated carbocycles. The summed E-state index contributed by atoms with van der Waals surface area (Å²) in [7, 11) is 0. The van der Waals surface area contributed by atoms with Crippen LogP contribution in [0, 0.1) is 6.92 Å². The van der Waals surface area contributed by atoms with Gasteiger partial charge in [-0.1, -0.05) is 18.2 Å². The summed E-state index contributed by atoms with van der Waals surface area (Å²) < 4.78 is 40.9. The molecule has 0 atom stereocenters. The predicted molar refractivity (Wildman–Crippen MR) is 73.7 cm³/mol. The van der Waals surface area contributed by atoms with E-state index >= 15 is 0 Å². The quantitative estimate of drug-likeness (QED) is 0.911. The highest BCUT2D eigenvalue weighted by Gasteiger charge is 2.34. The second-order valence-corrected chi connectivity index (χ2v) is 4.78. The Morgan fingerprint density at radius 1 is 1.27 bits per heavy atom. The Balaban J connectivity index is 2.75. The van der Waals surface area contributed by atoms with Gasteiger partial charge in [0.1, 0.15) is 0 Å². The summed E-state index contributed by atoms with van der Waals surface area (Å²) in [6.45, 7) is 1.16. The van der Waals surface area contributed by atoms with Crippen LogP contribution in [0.1, 0.15) is 21.5 Å². The highest BCUT2D eigenvalue weighted by Crippen LogP contribution is 2.39. The molecule has 0 fully saturated rings. The van der Waals surface area contributed by atoms with Crippen LogP contribution in [0.2, 0.25) is 0 Å². The van der Waals surface area contributed by atoms with Crippen LogP contribution < -0.4 is 0 Å². The standard InChI is InChI=1S/C15H14F3NO3/c1-9-11(14(21)22)8-19(6-7-20)13(9)10-4-2-3-5-12(10)15(16,17)18/h2-5,8,20H,6-7H2,1H3,(H,21,22). The molecule has 0 saturated heterocycles. The molecule has 2 aromatic rings. The van der Waals surface area contributed by atoms with E-state index in [0.717, 1.165) is 6.07 Å². The predicted octanol–water partition coefficient (Wildman–Crippen LogP) is 3.17. The zero-order valence-corrected chi connectivity index (χ0v) is 11.7. The first-order chi connectivity index (χ1) is 10.3. The average molecular weight is 313 g/mol. The van der Waals surface area contributed by atoms with Crippen LogP contribution in [0.3, 0.4) is 0 Å². The first-order valence-electron chi connectivity index (χ1n) is 6.47. The summed E-state index contributed by atoms with van der Waals surface area (Å²) in [6.07, 6.45) is -3.31. The summed E-state index contributed by atoms with van der Waals surface area (Å²) in [5, 5.41) is 18.2. The number of rotatable bonds is 4. The normalized spacial score (nSPS) is 11.7. The molecule has 22 heavy (non-hydrogen) atoms. The van der Waals surface area contributed by atoms with Crippen LogP contribution in [0.4, 0.5) is 13.2 Å². The number of aromatic nitrogens is 1. The highest BCUT2D eigenvalue weighted by molar-refractivity contribution is 5.92. The number of halogens is 3. The van der Waals surface area contributed by atoms with Crippen molar-refractivity contribution in [3.05, 3.63) is 47.2 Å². The second kappa shape index (κ2) is 5.84. The van der Waals surface area contributed by atoms with Crippen molar-refractivity contribution in [2.45, 2.75) is 19.6 Å². The fourth-order valence-electron chi connectivity index (χ4n) is 2.45. The lowest BCUT2D eigenvalue weighted by Crippen LogP contribution is -2.10. The maximum Gasteiger partial charge on any atom is 0.417 e. The number of aromatic carboxylic acids is 1. The SMILES string of the molecule is Cc1c(C(=O)O)cn(CCO)c1-c1ccccc1C(F)(F)F. The van der Waals surface area contributed by atoms with Crippen molar-refractivity contribution in [1.82, 2.24) is 4.57 Å². The number of hydrogen-bond donors (Lipinski definition) is 2. The molecular weight excluding hydrogens is 299 g/mol. The third-order valence-electron chi connectivity index (χ3n) is 3.39. The number of alkyl halides is 3. The van der Waals surface area contributed by atoms with Gasteiger partial charge in [0.25, 0.3) is 0 Å². The number of hydrogen-bond acceptors (Lipinski definition) is 2. The number of benzene rings is 1. The molecule has 0 unspecified atom stereocenters. The van der Waals surface area contributed by atoms with Gasteiger partial charge in [-0.2, -0.15) is 13.2 Å². The molecule has 1 heterocycles. The maximum atomic E-state index is 13.2. The zero-order chi connectivity index (χ0) is 16.5. The van der Waals surface area contributed by atoms with Gasteiger partial charge >= 0.3 is 12.1 Å². The van der Waals surface area contributed by atoms with Gasteiger partial charge in [0.05, 0.1) is 23.4 Å². The van der Waals surface area contributed by atoms with Crippen molar-refractivity contribution in [2.24, 2.45) is 0 Å². The van der Waals surface area contributed by atoms with Crippen LogP contribution in [-0.2, 0) is 12.7 Å². The van der Waals surface area contributed by atoms with E-state index < -0.39 is 17.7 Å². The summed E-state index contributed by atoms with van der Waals surface area (Å²) in [5.41, 5.74) is -0.641. The van der Waals surface area contributed by atoms with E-state index in [1.165, 1.54) is 35.9 Å². The van der Waals surface area contributed by atoms with Crippen LogP contribution >= 0.6 is 0 Å². The van der Waals surface area contributed by atoms with Gasteiger partial charge in [0.2, 0.25) is 0 Å². The number of carbonyl (C=O) groups is 1. The molecule has 1 aromatic carbocycles. The van der Waals surface area contributed by atoms with Crippen LogP contribution in [-0.4, -0.2) is 27.4 Å². The van der Waals surface area contributed by atoms with Crippen molar-refractivity contribution in [1.29, 1.82) is 0 Å². The number of aliphatic hydroxyl groups is 1. The fourth-order valence-corrected chi connectivity index (χ4v) is 2.45. The molecule has 4 nitrogen and oxygen atoms in total. The van der Waals surface area contributed by atoms with E-state index in [4.69, 9.17) is 10.2 Å². The Kier molecular flexibility index (Phi) is 4.27. The fraction of sp³-hybridized carbons (Fsp3) is 0.267. The first kappa shape index (κ1) is 16.1. The largest absolute Gasteiger partial charge is 0.478 e. The van der Waals surface area contributed by atoms with Crippen molar-refractivity contribution < 1.29 is 28.2 Å². The van der Waals surface area contributed by atoms with E-state index in [1.54, 1.807) is 0 Å². The topological polar surface area (TPSA) is 62.5 Å². The molecular formula is C15H14F3NO3. The van der Waals surface area contributed by atoms with Crippen LogP contribution in [0.5, 0.6) is 0 Å². The number of carboxylic acids is 1.